The summed E-state index contributed by atoms with van der Waals surface area (Å²) in [5.41, 5.74) is 4.02. The smallest absolute Gasteiger partial charge is 0.0591 e. The second kappa shape index (κ2) is 9.10. The van der Waals surface area contributed by atoms with Crippen molar-refractivity contribution in [2.75, 3.05) is 0 Å². The lowest BCUT2D eigenvalue weighted by Gasteiger charge is -2.44. The normalized spacial score (nSPS) is 37.2. The lowest BCUT2D eigenvalue weighted by atomic mass is 9.60. The van der Waals surface area contributed by atoms with Gasteiger partial charge in [-0.1, -0.05) is 56.6 Å². The van der Waals surface area contributed by atoms with E-state index in [4.69, 9.17) is 0 Å². The predicted octanol–water partition coefficient (Wildman–Crippen LogP) is 6.73. The molecule has 5 atom stereocenters. The monoisotopic (exact) mass is 400 g/mol. The van der Waals surface area contributed by atoms with E-state index in [0.29, 0.717) is 5.41 Å². The molecule has 3 aliphatic carbocycles. The highest BCUT2D eigenvalue weighted by molar-refractivity contribution is 5.36. The maximum atomic E-state index is 10.0. The van der Waals surface area contributed by atoms with Gasteiger partial charge >= 0.3 is 0 Å². The summed E-state index contributed by atoms with van der Waals surface area (Å²) >= 11 is 0. The molecule has 0 radical (unpaired) electrons. The maximum Gasteiger partial charge on any atom is 0.0591 e. The average Bonchev–Trinajstić information content (AvgIpc) is 2.99. The van der Waals surface area contributed by atoms with Gasteiger partial charge in [0.15, 0.2) is 0 Å². The van der Waals surface area contributed by atoms with E-state index in [9.17, 15) is 10.2 Å². The van der Waals surface area contributed by atoms with E-state index in [1.165, 1.54) is 49.7 Å². The first-order valence-corrected chi connectivity index (χ1v) is 12.1. The van der Waals surface area contributed by atoms with Gasteiger partial charge in [0.2, 0.25) is 0 Å². The zero-order valence-corrected chi connectivity index (χ0v) is 19.3. The molecule has 0 aromatic carbocycles. The molecule has 3 aliphatic rings. The quantitative estimate of drug-likeness (QED) is 0.518. The molecular formula is C27H44O2. The summed E-state index contributed by atoms with van der Waals surface area (Å²) in [5.74, 6) is 2.26. The highest BCUT2D eigenvalue weighted by atomic mass is 16.3. The Hall–Kier alpha value is -0.860. The van der Waals surface area contributed by atoms with Crippen molar-refractivity contribution in [1.82, 2.24) is 0 Å². The Morgan fingerprint density at radius 1 is 1.21 bits per heavy atom. The van der Waals surface area contributed by atoms with E-state index in [0.717, 1.165) is 49.9 Å². The van der Waals surface area contributed by atoms with Gasteiger partial charge in [0.25, 0.3) is 0 Å². The van der Waals surface area contributed by atoms with Gasteiger partial charge < -0.3 is 10.2 Å². The van der Waals surface area contributed by atoms with Gasteiger partial charge in [0.05, 0.1) is 11.7 Å². The number of aliphatic hydroxyl groups is 2. The summed E-state index contributed by atoms with van der Waals surface area (Å²) in [7, 11) is 0. The van der Waals surface area contributed by atoms with Gasteiger partial charge in [0, 0.05) is 0 Å². The minimum Gasteiger partial charge on any atom is -0.393 e. The Labute approximate surface area is 179 Å². The second-order valence-corrected chi connectivity index (χ2v) is 11.2. The third-order valence-electron chi connectivity index (χ3n) is 8.36. The molecule has 0 saturated heterocycles. The summed E-state index contributed by atoms with van der Waals surface area (Å²) in [6.07, 6.45) is 16.9. The zero-order valence-electron chi connectivity index (χ0n) is 19.3. The Kier molecular flexibility index (Phi) is 7.16. The van der Waals surface area contributed by atoms with Crippen molar-refractivity contribution in [3.8, 4) is 0 Å². The van der Waals surface area contributed by atoms with Crippen LogP contribution in [0.15, 0.2) is 35.5 Å². The summed E-state index contributed by atoms with van der Waals surface area (Å²) in [4.78, 5) is 0. The van der Waals surface area contributed by atoms with Crippen LogP contribution in [0.2, 0.25) is 0 Å². The van der Waals surface area contributed by atoms with Crippen molar-refractivity contribution in [3.05, 3.63) is 35.5 Å². The van der Waals surface area contributed by atoms with Crippen LogP contribution in [-0.2, 0) is 0 Å². The molecule has 0 bridgehead atoms. The highest BCUT2D eigenvalue weighted by Crippen LogP contribution is 2.60. The number of fused-ring (bicyclic) bond motifs is 1. The van der Waals surface area contributed by atoms with Crippen molar-refractivity contribution < 1.29 is 10.2 Å². The summed E-state index contributed by atoms with van der Waals surface area (Å²) in [6.45, 7) is 13.1. The zero-order chi connectivity index (χ0) is 21.2. The molecule has 0 aromatic rings. The fourth-order valence-corrected chi connectivity index (χ4v) is 6.67. The number of aliphatic hydroxyl groups excluding tert-OH is 1. The fraction of sp³-hybridized carbons (Fsp3) is 0.778. The van der Waals surface area contributed by atoms with Crippen molar-refractivity contribution in [2.24, 2.45) is 23.2 Å². The lowest BCUT2D eigenvalue weighted by molar-refractivity contribution is 0.0596. The SMILES string of the molecule is C=C1CC[C@H](O)CC1=C/C=C1\CCC[C@]2(C)[C@@H]([C@H](C)CCCC(C)(C)O)CC[C@@H]12. The van der Waals surface area contributed by atoms with Crippen LogP contribution in [-0.4, -0.2) is 21.9 Å². The van der Waals surface area contributed by atoms with Crippen LogP contribution >= 0.6 is 0 Å². The molecule has 29 heavy (non-hydrogen) atoms. The van der Waals surface area contributed by atoms with E-state index in [1.54, 1.807) is 5.57 Å². The molecule has 2 heteroatoms. The van der Waals surface area contributed by atoms with Gasteiger partial charge in [-0.2, -0.15) is 0 Å². The van der Waals surface area contributed by atoms with Crippen LogP contribution in [0.3, 0.4) is 0 Å². The summed E-state index contributed by atoms with van der Waals surface area (Å²) in [5, 5.41) is 20.1. The van der Waals surface area contributed by atoms with E-state index >= 15 is 0 Å². The van der Waals surface area contributed by atoms with Crippen LogP contribution in [0.1, 0.15) is 98.3 Å². The Morgan fingerprint density at radius 3 is 2.69 bits per heavy atom. The van der Waals surface area contributed by atoms with Crippen molar-refractivity contribution >= 4 is 0 Å². The van der Waals surface area contributed by atoms with E-state index in [-0.39, 0.29) is 6.10 Å². The van der Waals surface area contributed by atoms with E-state index in [2.05, 4.69) is 32.6 Å². The molecule has 0 aromatic heterocycles. The molecular weight excluding hydrogens is 356 g/mol. The lowest BCUT2D eigenvalue weighted by Crippen LogP contribution is -2.36. The molecule has 0 amide bonds. The second-order valence-electron chi connectivity index (χ2n) is 11.2. The largest absolute Gasteiger partial charge is 0.393 e. The van der Waals surface area contributed by atoms with E-state index in [1.807, 2.05) is 13.8 Å². The van der Waals surface area contributed by atoms with Crippen LogP contribution in [0.5, 0.6) is 0 Å². The molecule has 0 unspecified atom stereocenters. The first kappa shape index (κ1) is 22.8. The highest BCUT2D eigenvalue weighted by Gasteiger charge is 2.50. The van der Waals surface area contributed by atoms with Gasteiger partial charge in [0.1, 0.15) is 0 Å². The third-order valence-corrected chi connectivity index (χ3v) is 8.36. The molecule has 0 aliphatic heterocycles. The molecule has 164 valence electrons. The third kappa shape index (κ3) is 5.44. The van der Waals surface area contributed by atoms with Crippen LogP contribution < -0.4 is 0 Å². The predicted molar refractivity (Wildman–Crippen MR) is 123 cm³/mol. The van der Waals surface area contributed by atoms with Gasteiger partial charge in [-0.3, -0.25) is 0 Å². The molecule has 0 heterocycles. The van der Waals surface area contributed by atoms with Crippen LogP contribution in [0, 0.1) is 23.2 Å². The number of rotatable bonds is 6. The number of hydrogen-bond acceptors (Lipinski definition) is 2. The summed E-state index contributed by atoms with van der Waals surface area (Å²) in [6, 6.07) is 0. The van der Waals surface area contributed by atoms with Gasteiger partial charge in [-0.05, 0) is 100 Å². The summed E-state index contributed by atoms with van der Waals surface area (Å²) < 4.78 is 0. The maximum absolute atomic E-state index is 10.0. The van der Waals surface area contributed by atoms with Crippen LogP contribution in [0.25, 0.3) is 0 Å². The average molecular weight is 401 g/mol. The fourth-order valence-electron chi connectivity index (χ4n) is 6.67. The Morgan fingerprint density at radius 2 is 1.97 bits per heavy atom. The Balaban J connectivity index is 1.68. The minimum absolute atomic E-state index is 0.192. The number of hydrogen-bond donors (Lipinski definition) is 2. The number of allylic oxidation sites excluding steroid dienone is 4. The molecule has 0 spiro atoms. The molecule has 3 rings (SSSR count). The standard InChI is InChI=1S/C27H44O2/c1-19-10-13-23(28)18-22(19)12-11-21-9-7-17-27(5)24(14-15-25(21)27)20(2)8-6-16-26(3,4)29/h11-12,20,23-25,28-29H,1,6-10,13-18H2,2-5H3/b21-11+,22-12?/t20-,23+,24-,25+,27-/m1/s1. The van der Waals surface area contributed by atoms with Gasteiger partial charge in [-0.25, -0.2) is 0 Å². The van der Waals surface area contributed by atoms with Crippen molar-refractivity contribution in [2.45, 2.75) is 110 Å². The van der Waals surface area contributed by atoms with Crippen molar-refractivity contribution in [3.63, 3.8) is 0 Å². The van der Waals surface area contributed by atoms with Gasteiger partial charge in [-0.15, -0.1) is 0 Å². The first-order chi connectivity index (χ1) is 13.6. The van der Waals surface area contributed by atoms with Crippen LogP contribution in [0.4, 0.5) is 0 Å². The topological polar surface area (TPSA) is 40.5 Å². The first-order valence-electron chi connectivity index (χ1n) is 12.1. The molecule has 3 saturated carbocycles. The Bertz CT molecular complexity index is 650. The molecule has 3 fully saturated rings. The molecule has 2 N–H and O–H groups in total. The van der Waals surface area contributed by atoms with E-state index < -0.39 is 5.60 Å². The van der Waals surface area contributed by atoms with Crippen molar-refractivity contribution in [1.29, 1.82) is 0 Å². The minimum atomic E-state index is -0.535. The molecule has 2 nitrogen and oxygen atoms in total.